The lowest BCUT2D eigenvalue weighted by molar-refractivity contribution is -0.145. The number of ether oxygens (including phenoxy) is 1. The smallest absolute Gasteiger partial charge is 0.306 e. The third-order valence-electron chi connectivity index (χ3n) is 4.89. The lowest BCUT2D eigenvalue weighted by Gasteiger charge is -2.08. The number of carbonyl (C=O) groups is 1. The van der Waals surface area contributed by atoms with Gasteiger partial charge in [0.05, 0.1) is 27.9 Å². The van der Waals surface area contributed by atoms with Gasteiger partial charge in [0.15, 0.2) is 0 Å². The van der Waals surface area contributed by atoms with E-state index in [1.54, 1.807) is 18.2 Å². The maximum absolute atomic E-state index is 12.6. The van der Waals surface area contributed by atoms with Crippen LogP contribution in [0.5, 0.6) is 0 Å². The van der Waals surface area contributed by atoms with Gasteiger partial charge in [-0.05, 0) is 37.1 Å². The second kappa shape index (κ2) is 8.69. The summed E-state index contributed by atoms with van der Waals surface area (Å²) in [5.74, 6) is -0.434. The van der Waals surface area contributed by atoms with Crippen LogP contribution in [0.2, 0.25) is 5.02 Å². The van der Waals surface area contributed by atoms with Gasteiger partial charge in [0.1, 0.15) is 12.3 Å². The van der Waals surface area contributed by atoms with Gasteiger partial charge in [-0.25, -0.2) is 9.97 Å². The lowest BCUT2D eigenvalue weighted by atomic mass is 10.1. The molecule has 0 saturated carbocycles. The number of esters is 1. The van der Waals surface area contributed by atoms with Crippen LogP contribution in [-0.4, -0.2) is 24.9 Å². The van der Waals surface area contributed by atoms with Crippen LogP contribution in [0.25, 0.3) is 16.6 Å². The van der Waals surface area contributed by atoms with Gasteiger partial charge in [-0.1, -0.05) is 23.7 Å². The summed E-state index contributed by atoms with van der Waals surface area (Å²) < 4.78 is 8.05. The van der Waals surface area contributed by atoms with Crippen LogP contribution >= 0.6 is 11.6 Å². The first kappa shape index (κ1) is 20.7. The highest BCUT2D eigenvalue weighted by molar-refractivity contribution is 6.30. The zero-order valence-corrected chi connectivity index (χ0v) is 17.5. The Hall–Kier alpha value is -3.52. The monoisotopic (exact) mass is 438 g/mol. The summed E-state index contributed by atoms with van der Waals surface area (Å²) in [5.41, 5.74) is 1.95. The Morgan fingerprint density at radius 2 is 2.03 bits per heavy atom. The van der Waals surface area contributed by atoms with Crippen molar-refractivity contribution < 1.29 is 9.53 Å². The molecule has 0 aliphatic carbocycles. The predicted octanol–water partition coefficient (Wildman–Crippen LogP) is 2.89. The van der Waals surface area contributed by atoms with E-state index in [0.717, 1.165) is 5.56 Å². The van der Waals surface area contributed by atoms with Crippen molar-refractivity contribution in [2.75, 3.05) is 0 Å². The number of benzene rings is 1. The van der Waals surface area contributed by atoms with Crippen LogP contribution in [0.4, 0.5) is 0 Å². The number of aromatic nitrogens is 4. The molecule has 31 heavy (non-hydrogen) atoms. The maximum Gasteiger partial charge on any atom is 0.306 e. The van der Waals surface area contributed by atoms with E-state index in [0.29, 0.717) is 40.2 Å². The van der Waals surface area contributed by atoms with Crippen LogP contribution in [0, 0.1) is 6.92 Å². The Kier molecular flexibility index (Phi) is 5.81. The lowest BCUT2D eigenvalue weighted by Crippen LogP contribution is -2.21. The summed E-state index contributed by atoms with van der Waals surface area (Å²) >= 11 is 5.89. The molecule has 0 radical (unpaired) electrons. The van der Waals surface area contributed by atoms with Crippen molar-refractivity contribution in [2.24, 2.45) is 0 Å². The molecular weight excluding hydrogens is 420 g/mol. The number of carbonyl (C=O) groups excluding carboxylic acids is 1. The molecule has 0 aliphatic rings. The number of aryl methyl sites for hydroxylation is 2. The summed E-state index contributed by atoms with van der Waals surface area (Å²) in [7, 11) is 0. The SMILES string of the molecule is Cc1cccc2c(=O)n(CCCC(=O)OCc3cc(=O)n4cc(Cl)ccc4n3)cnc12. The summed E-state index contributed by atoms with van der Waals surface area (Å²) in [4.78, 5) is 45.5. The topological polar surface area (TPSA) is 95.6 Å². The summed E-state index contributed by atoms with van der Waals surface area (Å²) in [5, 5.41) is 0.978. The number of para-hydroxylation sites is 1. The van der Waals surface area contributed by atoms with Gasteiger partial charge in [0.25, 0.3) is 11.1 Å². The average Bonchev–Trinajstić information content (AvgIpc) is 2.75. The van der Waals surface area contributed by atoms with Gasteiger partial charge in [-0.2, -0.15) is 0 Å². The first-order chi connectivity index (χ1) is 14.9. The Balaban J connectivity index is 1.35. The highest BCUT2D eigenvalue weighted by Gasteiger charge is 2.09. The molecule has 0 amide bonds. The molecule has 9 heteroatoms. The number of pyridine rings is 1. The predicted molar refractivity (Wildman–Crippen MR) is 116 cm³/mol. The van der Waals surface area contributed by atoms with Crippen LogP contribution in [0.15, 0.2) is 58.5 Å². The molecule has 0 saturated heterocycles. The summed E-state index contributed by atoms with van der Waals surface area (Å²) in [6.45, 7) is 2.15. The third-order valence-corrected chi connectivity index (χ3v) is 5.12. The fourth-order valence-electron chi connectivity index (χ4n) is 3.32. The fourth-order valence-corrected chi connectivity index (χ4v) is 3.48. The number of hydrogen-bond acceptors (Lipinski definition) is 6. The minimum atomic E-state index is -0.434. The van der Waals surface area contributed by atoms with Crippen molar-refractivity contribution in [1.29, 1.82) is 0 Å². The molecule has 1 aromatic carbocycles. The molecular formula is C22H19ClN4O4. The van der Waals surface area contributed by atoms with Crippen molar-refractivity contribution in [2.45, 2.75) is 32.9 Å². The standard InChI is InChI=1S/C22H19ClN4O4/c1-14-4-2-5-17-21(14)24-13-26(22(17)30)9-3-6-20(29)31-12-16-10-19(28)27-11-15(23)7-8-18(27)25-16/h2,4-5,7-8,10-11,13H,3,6,9,12H2,1H3. The van der Waals surface area contributed by atoms with Crippen LogP contribution in [0.1, 0.15) is 24.1 Å². The Morgan fingerprint density at radius 1 is 1.19 bits per heavy atom. The van der Waals surface area contributed by atoms with Crippen molar-refractivity contribution in [3.63, 3.8) is 0 Å². The zero-order chi connectivity index (χ0) is 22.0. The third kappa shape index (κ3) is 4.49. The molecule has 0 atom stereocenters. The fraction of sp³-hybridized carbons (Fsp3) is 0.227. The van der Waals surface area contributed by atoms with E-state index < -0.39 is 5.97 Å². The van der Waals surface area contributed by atoms with E-state index in [1.807, 2.05) is 19.1 Å². The van der Waals surface area contributed by atoms with Gasteiger partial charge in [-0.3, -0.25) is 23.4 Å². The number of rotatable bonds is 6. The van der Waals surface area contributed by atoms with Gasteiger partial charge >= 0.3 is 5.97 Å². The van der Waals surface area contributed by atoms with Crippen molar-refractivity contribution in [1.82, 2.24) is 18.9 Å². The molecule has 0 fully saturated rings. The molecule has 0 unspecified atom stereocenters. The molecule has 158 valence electrons. The van der Waals surface area contributed by atoms with E-state index >= 15 is 0 Å². The average molecular weight is 439 g/mol. The number of nitrogens with zero attached hydrogens (tertiary/aromatic N) is 4. The molecule has 0 bridgehead atoms. The van der Waals surface area contributed by atoms with Gasteiger partial charge < -0.3 is 4.74 Å². The summed E-state index contributed by atoms with van der Waals surface area (Å²) in [6, 6.07) is 10.0. The first-order valence-electron chi connectivity index (χ1n) is 9.70. The summed E-state index contributed by atoms with van der Waals surface area (Å²) in [6.07, 6.45) is 3.53. The minimum absolute atomic E-state index is 0.107. The Labute approximate surface area is 181 Å². The molecule has 0 N–H and O–H groups in total. The molecule has 3 heterocycles. The largest absolute Gasteiger partial charge is 0.459 e. The molecule has 0 spiro atoms. The Bertz CT molecular complexity index is 1410. The normalized spacial score (nSPS) is 11.2. The number of hydrogen-bond donors (Lipinski definition) is 0. The molecule has 3 aromatic heterocycles. The van der Waals surface area contributed by atoms with Crippen LogP contribution < -0.4 is 11.1 Å². The maximum atomic E-state index is 12.6. The minimum Gasteiger partial charge on any atom is -0.459 e. The number of fused-ring (bicyclic) bond motifs is 2. The van der Waals surface area contributed by atoms with Crippen molar-refractivity contribution >= 4 is 34.1 Å². The van der Waals surface area contributed by atoms with E-state index in [9.17, 15) is 14.4 Å². The van der Waals surface area contributed by atoms with Crippen LogP contribution in [-0.2, 0) is 22.7 Å². The van der Waals surface area contributed by atoms with E-state index in [2.05, 4.69) is 9.97 Å². The van der Waals surface area contributed by atoms with Crippen molar-refractivity contribution in [3.05, 3.63) is 85.9 Å². The molecule has 4 rings (SSSR count). The second-order valence-electron chi connectivity index (χ2n) is 7.14. The van der Waals surface area contributed by atoms with Crippen molar-refractivity contribution in [3.8, 4) is 0 Å². The van der Waals surface area contributed by atoms with E-state index in [-0.39, 0.29) is 24.1 Å². The highest BCUT2D eigenvalue weighted by atomic mass is 35.5. The van der Waals surface area contributed by atoms with Gasteiger partial charge in [0.2, 0.25) is 0 Å². The van der Waals surface area contributed by atoms with Crippen LogP contribution in [0.3, 0.4) is 0 Å². The van der Waals surface area contributed by atoms with E-state index in [1.165, 1.54) is 27.6 Å². The Morgan fingerprint density at radius 3 is 2.87 bits per heavy atom. The molecule has 0 aliphatic heterocycles. The van der Waals surface area contributed by atoms with E-state index in [4.69, 9.17) is 16.3 Å². The highest BCUT2D eigenvalue weighted by Crippen LogP contribution is 2.12. The quantitative estimate of drug-likeness (QED) is 0.429. The second-order valence-corrected chi connectivity index (χ2v) is 7.58. The molecule has 8 nitrogen and oxygen atoms in total. The van der Waals surface area contributed by atoms with Gasteiger partial charge in [0, 0.05) is 25.2 Å². The molecule has 4 aromatic rings. The number of halogens is 1. The first-order valence-corrected chi connectivity index (χ1v) is 10.1. The zero-order valence-electron chi connectivity index (χ0n) is 16.7. The van der Waals surface area contributed by atoms with Gasteiger partial charge in [-0.15, -0.1) is 0 Å².